The minimum atomic E-state index is 0.423. The fraction of sp³-hybridized carbons (Fsp3) is 0.184. The molecule has 0 saturated carbocycles. The monoisotopic (exact) mass is 632 g/mol. The Morgan fingerprint density at radius 2 is 1.55 bits per heavy atom. The molecule has 0 spiro atoms. The molecule has 6 aromatic carbocycles. The van der Waals surface area contributed by atoms with E-state index in [0.717, 1.165) is 24.6 Å². The third kappa shape index (κ3) is 6.68. The van der Waals surface area contributed by atoms with E-state index in [9.17, 15) is 0 Å². The second kappa shape index (κ2) is 14.4. The lowest BCUT2D eigenvalue weighted by molar-refractivity contribution is 0.664. The van der Waals surface area contributed by atoms with E-state index in [1.54, 1.807) is 0 Å². The van der Waals surface area contributed by atoms with Crippen molar-refractivity contribution in [2.45, 2.75) is 52.9 Å². The number of rotatable bonds is 11. The quantitative estimate of drug-likeness (QED) is 0.0757. The average Bonchev–Trinajstić information content (AvgIpc) is 3.83. The van der Waals surface area contributed by atoms with Crippen LogP contribution in [0.3, 0.4) is 0 Å². The predicted octanol–water partition coefficient (Wildman–Crippen LogP) is 14.0. The van der Waals surface area contributed by atoms with Gasteiger partial charge in [0.05, 0.1) is 0 Å². The molecule has 7 rings (SSSR count). The summed E-state index contributed by atoms with van der Waals surface area (Å²) in [6.07, 6.45) is 23.3. The smallest absolute Gasteiger partial charge is 0.0321 e. The Kier molecular flexibility index (Phi) is 9.45. The first-order valence-electron chi connectivity index (χ1n) is 17.8. The molecule has 49 heavy (non-hydrogen) atoms. The molecule has 1 atom stereocenters. The molecular formula is C49H44. The fourth-order valence-electron chi connectivity index (χ4n) is 7.12. The van der Waals surface area contributed by atoms with Gasteiger partial charge in [-0.2, -0.15) is 0 Å². The highest BCUT2D eigenvalue weighted by Crippen LogP contribution is 2.48. The van der Waals surface area contributed by atoms with Crippen molar-refractivity contribution >= 4 is 37.9 Å². The molecule has 0 aromatic heterocycles. The molecule has 240 valence electrons. The summed E-state index contributed by atoms with van der Waals surface area (Å²) in [5.41, 5.74) is 10.5. The van der Waals surface area contributed by atoms with Crippen LogP contribution in [0, 0.1) is 18.1 Å². The zero-order valence-electron chi connectivity index (χ0n) is 29.1. The van der Waals surface area contributed by atoms with Crippen LogP contribution in [0.25, 0.3) is 60.1 Å². The molecule has 0 fully saturated rings. The van der Waals surface area contributed by atoms with Gasteiger partial charge in [0.25, 0.3) is 0 Å². The molecule has 1 aliphatic rings. The number of fused-ring (bicyclic) bond motifs is 4. The number of allylic oxidation sites excluding steroid dienone is 10. The summed E-state index contributed by atoms with van der Waals surface area (Å²) in [7, 11) is 0. The molecule has 0 saturated heterocycles. The van der Waals surface area contributed by atoms with Crippen LogP contribution in [0.1, 0.15) is 69.6 Å². The Morgan fingerprint density at radius 3 is 2.39 bits per heavy atom. The van der Waals surface area contributed by atoms with Crippen LogP contribution < -0.4 is 0 Å². The largest absolute Gasteiger partial charge is 0.0914 e. The lowest BCUT2D eigenvalue weighted by Crippen LogP contribution is -1.94. The second-order valence-corrected chi connectivity index (χ2v) is 13.5. The zero-order chi connectivity index (χ0) is 33.7. The summed E-state index contributed by atoms with van der Waals surface area (Å²) in [5, 5.41) is 7.37. The average molecular weight is 633 g/mol. The van der Waals surface area contributed by atoms with Gasteiger partial charge in [-0.15, -0.1) is 0 Å². The first-order chi connectivity index (χ1) is 24.1. The Bertz CT molecular complexity index is 2300. The standard InChI is InChI=1S/C49H44/c1-5-7-8-11-20-36(17-6-2)48-43-23-15-16-24-44(43)49(40-26-25-35-19-13-14-21-37(35)31-40)47-33-39(28-30-45(47)48)38-27-29-42-41(46(42)32-38)22-12-9-10-18-34(3)4/h5,7,9-12,14-17,20-34,41H,6,8,18H2,1-4H3. The van der Waals surface area contributed by atoms with Gasteiger partial charge >= 0.3 is 0 Å². The van der Waals surface area contributed by atoms with Crippen molar-refractivity contribution in [3.8, 4) is 22.3 Å². The van der Waals surface area contributed by atoms with Gasteiger partial charge in [0.15, 0.2) is 0 Å². The van der Waals surface area contributed by atoms with Crippen LogP contribution in [0.2, 0.25) is 0 Å². The van der Waals surface area contributed by atoms with Crippen molar-refractivity contribution in [3.63, 3.8) is 0 Å². The van der Waals surface area contributed by atoms with E-state index in [-0.39, 0.29) is 0 Å². The van der Waals surface area contributed by atoms with Crippen molar-refractivity contribution in [1.82, 2.24) is 0 Å². The Labute approximate surface area is 292 Å². The lowest BCUT2D eigenvalue weighted by Gasteiger charge is -2.19. The van der Waals surface area contributed by atoms with Gasteiger partial charge in [-0.1, -0.05) is 142 Å². The summed E-state index contributed by atoms with van der Waals surface area (Å²) in [6.45, 7) is 8.83. The fourth-order valence-corrected chi connectivity index (χ4v) is 7.12. The maximum absolute atomic E-state index is 3.28. The normalized spacial score (nSPS) is 14.8. The second-order valence-electron chi connectivity index (χ2n) is 13.5. The Hall–Kier alpha value is -5.38. The van der Waals surface area contributed by atoms with Gasteiger partial charge in [0, 0.05) is 11.3 Å². The summed E-state index contributed by atoms with van der Waals surface area (Å²) in [5.74, 6) is 1.11. The van der Waals surface area contributed by atoms with E-state index >= 15 is 0 Å². The van der Waals surface area contributed by atoms with E-state index < -0.39 is 0 Å². The molecule has 0 radical (unpaired) electrons. The topological polar surface area (TPSA) is 0 Å². The molecule has 0 bridgehead atoms. The highest BCUT2D eigenvalue weighted by Gasteiger charge is 2.30. The van der Waals surface area contributed by atoms with E-state index in [4.69, 9.17) is 0 Å². The van der Waals surface area contributed by atoms with Gasteiger partial charge in [-0.25, -0.2) is 0 Å². The molecule has 0 aliphatic heterocycles. The summed E-state index contributed by atoms with van der Waals surface area (Å²) < 4.78 is 0. The molecule has 0 heterocycles. The first-order valence-corrected chi connectivity index (χ1v) is 17.8. The molecule has 0 amide bonds. The van der Waals surface area contributed by atoms with E-state index in [2.05, 4.69) is 179 Å². The van der Waals surface area contributed by atoms with Crippen LogP contribution in [0.5, 0.6) is 0 Å². The van der Waals surface area contributed by atoms with E-state index in [1.165, 1.54) is 71.4 Å². The van der Waals surface area contributed by atoms with Crippen LogP contribution >= 0.6 is 0 Å². The molecular weight excluding hydrogens is 589 g/mol. The van der Waals surface area contributed by atoms with Crippen molar-refractivity contribution < 1.29 is 0 Å². The summed E-state index contributed by atoms with van der Waals surface area (Å²) >= 11 is 0. The molecule has 6 aromatic rings. The van der Waals surface area contributed by atoms with Gasteiger partial charge < -0.3 is 0 Å². The zero-order valence-corrected chi connectivity index (χ0v) is 29.1. The number of hydrogen-bond acceptors (Lipinski definition) is 0. The van der Waals surface area contributed by atoms with Gasteiger partial charge in [-0.3, -0.25) is 0 Å². The van der Waals surface area contributed by atoms with Crippen LogP contribution in [-0.2, 0) is 0 Å². The molecule has 1 aliphatic carbocycles. The summed E-state index contributed by atoms with van der Waals surface area (Å²) in [4.78, 5) is 0. The van der Waals surface area contributed by atoms with Crippen molar-refractivity contribution in [2.24, 2.45) is 5.92 Å². The Morgan fingerprint density at radius 1 is 0.755 bits per heavy atom. The van der Waals surface area contributed by atoms with Crippen molar-refractivity contribution in [3.05, 3.63) is 175 Å². The third-order valence-corrected chi connectivity index (χ3v) is 9.60. The van der Waals surface area contributed by atoms with Gasteiger partial charge in [0.1, 0.15) is 0 Å². The molecule has 0 heteroatoms. The molecule has 0 N–H and O–H groups in total. The highest BCUT2D eigenvalue weighted by atomic mass is 14.3. The minimum absolute atomic E-state index is 0.423. The SMILES string of the molecule is CC=CCC=CC(=CCC)c1c2ccccc2c(-c2ccc3c#cccc3c2)c2cc(-c3ccc4c(c3)C4C=CC=CCC(C)C)ccc12. The Balaban J connectivity index is 1.41. The predicted molar refractivity (Wildman–Crippen MR) is 214 cm³/mol. The van der Waals surface area contributed by atoms with Crippen LogP contribution in [0.15, 0.2) is 146 Å². The number of hydrogen-bond donors (Lipinski definition) is 0. The van der Waals surface area contributed by atoms with E-state index in [1.807, 2.05) is 6.07 Å². The van der Waals surface area contributed by atoms with Crippen molar-refractivity contribution in [2.75, 3.05) is 0 Å². The first kappa shape index (κ1) is 32.2. The van der Waals surface area contributed by atoms with Gasteiger partial charge in [-0.05, 0) is 140 Å². The summed E-state index contributed by atoms with van der Waals surface area (Å²) in [6, 6.07) is 40.4. The van der Waals surface area contributed by atoms with E-state index in [0.29, 0.717) is 11.8 Å². The minimum Gasteiger partial charge on any atom is -0.0914 e. The van der Waals surface area contributed by atoms with Crippen LogP contribution in [-0.4, -0.2) is 0 Å². The molecule has 0 nitrogen and oxygen atoms in total. The number of benzene rings is 5. The van der Waals surface area contributed by atoms with Crippen molar-refractivity contribution in [1.29, 1.82) is 0 Å². The molecule has 1 unspecified atom stereocenters. The maximum Gasteiger partial charge on any atom is 0.0321 e. The van der Waals surface area contributed by atoms with Gasteiger partial charge in [0.2, 0.25) is 0 Å². The lowest BCUT2D eigenvalue weighted by atomic mass is 9.84. The highest BCUT2D eigenvalue weighted by molar-refractivity contribution is 6.20. The van der Waals surface area contributed by atoms with Crippen LogP contribution in [0.4, 0.5) is 0 Å². The third-order valence-electron chi connectivity index (χ3n) is 9.60. The maximum atomic E-state index is 3.28.